The van der Waals surface area contributed by atoms with E-state index >= 15 is 0 Å². The van der Waals surface area contributed by atoms with Crippen molar-refractivity contribution in [3.05, 3.63) is 24.3 Å². The van der Waals surface area contributed by atoms with E-state index in [0.717, 1.165) is 0 Å². The summed E-state index contributed by atoms with van der Waals surface area (Å²) in [5.74, 6) is -0.302. The summed E-state index contributed by atoms with van der Waals surface area (Å²) >= 11 is 0. The Balaban J connectivity index is 0.000000181. The minimum Gasteiger partial charge on any atom is -0.458 e. The maximum absolute atomic E-state index is 10.4. The third-order valence-corrected chi connectivity index (χ3v) is 2.38. The highest BCUT2D eigenvalue weighted by atomic mass is 16.5. The molecular weight excluding hydrogens is 224 g/mol. The van der Waals surface area contributed by atoms with Crippen LogP contribution in [0.3, 0.4) is 0 Å². The molecule has 2 aliphatic rings. The SMILES string of the molecule is CC(=O)O[C@@H]1C=C[C@H](O)C1.O[C@@H]1C=C[C@H](O)C1. The normalized spacial score (nSPS) is 34.4. The van der Waals surface area contributed by atoms with E-state index < -0.39 is 18.3 Å². The zero-order valence-electron chi connectivity index (χ0n) is 9.69. The maximum Gasteiger partial charge on any atom is 0.303 e. The lowest BCUT2D eigenvalue weighted by atomic mass is 10.3. The van der Waals surface area contributed by atoms with Crippen molar-refractivity contribution in [2.45, 2.75) is 44.2 Å². The molecule has 0 amide bonds. The fourth-order valence-corrected chi connectivity index (χ4v) is 1.61. The van der Waals surface area contributed by atoms with Gasteiger partial charge in [-0.15, -0.1) is 0 Å². The van der Waals surface area contributed by atoms with Crippen LogP contribution in [0.15, 0.2) is 24.3 Å². The standard InChI is InChI=1S/C7H10O3.C5H8O2/c1-5(8)10-7-3-2-6(9)4-7;6-4-1-2-5(7)3-4/h2-3,6-7,9H,4H2,1H3;1-2,4-7H,3H2/t6-,7+;4-,5+/m0./s1. The molecule has 3 N–H and O–H groups in total. The number of carbonyl (C=O) groups is 1. The molecule has 0 fully saturated rings. The average molecular weight is 242 g/mol. The lowest BCUT2D eigenvalue weighted by Crippen LogP contribution is -2.13. The molecule has 0 aliphatic heterocycles. The molecule has 5 heteroatoms. The summed E-state index contributed by atoms with van der Waals surface area (Å²) in [4.78, 5) is 10.4. The van der Waals surface area contributed by atoms with Crippen LogP contribution < -0.4 is 0 Å². The van der Waals surface area contributed by atoms with Gasteiger partial charge in [-0.25, -0.2) is 0 Å². The van der Waals surface area contributed by atoms with E-state index in [1.807, 2.05) is 0 Å². The first-order valence-corrected chi connectivity index (χ1v) is 5.55. The summed E-state index contributed by atoms with van der Waals surface area (Å²) in [7, 11) is 0. The molecule has 17 heavy (non-hydrogen) atoms. The summed E-state index contributed by atoms with van der Waals surface area (Å²) in [6, 6.07) is 0. The average Bonchev–Trinajstić information content (AvgIpc) is 2.76. The summed E-state index contributed by atoms with van der Waals surface area (Å²) in [6.45, 7) is 1.36. The van der Waals surface area contributed by atoms with E-state index in [0.29, 0.717) is 12.8 Å². The predicted molar refractivity (Wildman–Crippen MR) is 61.1 cm³/mol. The van der Waals surface area contributed by atoms with E-state index in [1.54, 1.807) is 24.3 Å². The monoisotopic (exact) mass is 242 g/mol. The lowest BCUT2D eigenvalue weighted by Gasteiger charge is -2.07. The Kier molecular flexibility index (Phi) is 5.34. The topological polar surface area (TPSA) is 87.0 Å². The zero-order chi connectivity index (χ0) is 12.8. The molecule has 0 aromatic heterocycles. The quantitative estimate of drug-likeness (QED) is 0.442. The second kappa shape index (κ2) is 6.54. The second-order valence-corrected chi connectivity index (χ2v) is 4.09. The van der Waals surface area contributed by atoms with Gasteiger partial charge in [-0.05, 0) is 6.08 Å². The number of carbonyl (C=O) groups excluding carboxylic acids is 1. The zero-order valence-corrected chi connectivity index (χ0v) is 9.69. The molecule has 0 radical (unpaired) electrons. The molecule has 2 rings (SSSR count). The Hall–Kier alpha value is -1.17. The van der Waals surface area contributed by atoms with Crippen LogP contribution in [-0.2, 0) is 9.53 Å². The molecule has 0 bridgehead atoms. The van der Waals surface area contributed by atoms with Gasteiger partial charge in [0.15, 0.2) is 0 Å². The van der Waals surface area contributed by atoms with Gasteiger partial charge in [0.25, 0.3) is 0 Å². The number of aliphatic hydroxyl groups is 3. The van der Waals surface area contributed by atoms with Gasteiger partial charge in [0.05, 0.1) is 18.3 Å². The Labute approximate surface area is 100 Å². The number of aliphatic hydroxyl groups excluding tert-OH is 3. The van der Waals surface area contributed by atoms with Gasteiger partial charge in [0.1, 0.15) is 6.10 Å². The van der Waals surface area contributed by atoms with Gasteiger partial charge in [-0.2, -0.15) is 0 Å². The van der Waals surface area contributed by atoms with Crippen molar-refractivity contribution in [2.75, 3.05) is 0 Å². The molecule has 2 aliphatic carbocycles. The summed E-state index contributed by atoms with van der Waals surface area (Å²) < 4.78 is 4.80. The van der Waals surface area contributed by atoms with Crippen LogP contribution in [-0.4, -0.2) is 45.7 Å². The van der Waals surface area contributed by atoms with Crippen molar-refractivity contribution in [3.63, 3.8) is 0 Å². The first-order valence-electron chi connectivity index (χ1n) is 5.55. The largest absolute Gasteiger partial charge is 0.458 e. The van der Waals surface area contributed by atoms with Gasteiger partial charge in [0, 0.05) is 19.8 Å². The van der Waals surface area contributed by atoms with Crippen LogP contribution in [0, 0.1) is 0 Å². The fourth-order valence-electron chi connectivity index (χ4n) is 1.61. The molecule has 0 heterocycles. The minimum atomic E-state index is -0.440. The molecule has 5 nitrogen and oxygen atoms in total. The van der Waals surface area contributed by atoms with Crippen molar-refractivity contribution in [3.8, 4) is 0 Å². The van der Waals surface area contributed by atoms with Crippen LogP contribution in [0.1, 0.15) is 19.8 Å². The highest BCUT2D eigenvalue weighted by molar-refractivity contribution is 5.66. The molecule has 0 saturated carbocycles. The molecule has 4 atom stereocenters. The van der Waals surface area contributed by atoms with Crippen molar-refractivity contribution in [1.82, 2.24) is 0 Å². The molecule has 0 aromatic rings. The van der Waals surface area contributed by atoms with Crippen LogP contribution in [0.4, 0.5) is 0 Å². The van der Waals surface area contributed by atoms with Crippen molar-refractivity contribution < 1.29 is 24.9 Å². The summed E-state index contributed by atoms with van der Waals surface area (Å²) in [6.07, 6.45) is 6.04. The highest BCUT2D eigenvalue weighted by Gasteiger charge is 2.18. The Morgan fingerprint density at radius 1 is 1.00 bits per heavy atom. The van der Waals surface area contributed by atoms with Crippen LogP contribution in [0.25, 0.3) is 0 Å². The molecule has 0 aromatic carbocycles. The van der Waals surface area contributed by atoms with Crippen LogP contribution >= 0.6 is 0 Å². The second-order valence-electron chi connectivity index (χ2n) is 4.09. The third-order valence-electron chi connectivity index (χ3n) is 2.38. The number of rotatable bonds is 1. The molecule has 0 spiro atoms. The molecular formula is C12H18O5. The number of ether oxygens (including phenoxy) is 1. The predicted octanol–water partition coefficient (Wildman–Crippen LogP) is -0.0930. The van der Waals surface area contributed by atoms with E-state index in [4.69, 9.17) is 20.1 Å². The Bertz CT molecular complexity index is 300. The lowest BCUT2D eigenvalue weighted by molar-refractivity contribution is -0.144. The van der Waals surface area contributed by atoms with Crippen molar-refractivity contribution in [1.29, 1.82) is 0 Å². The number of esters is 1. The first kappa shape index (κ1) is 13.9. The van der Waals surface area contributed by atoms with E-state index in [9.17, 15) is 4.79 Å². The maximum atomic E-state index is 10.4. The van der Waals surface area contributed by atoms with Gasteiger partial charge in [0.2, 0.25) is 0 Å². The smallest absolute Gasteiger partial charge is 0.303 e. The number of hydrogen-bond donors (Lipinski definition) is 3. The summed E-state index contributed by atoms with van der Waals surface area (Å²) in [5.41, 5.74) is 0. The summed E-state index contributed by atoms with van der Waals surface area (Å²) in [5, 5.41) is 26.2. The van der Waals surface area contributed by atoms with E-state index in [1.165, 1.54) is 6.92 Å². The van der Waals surface area contributed by atoms with Crippen LogP contribution in [0.2, 0.25) is 0 Å². The molecule has 96 valence electrons. The number of hydrogen-bond acceptors (Lipinski definition) is 5. The first-order chi connectivity index (χ1) is 7.97. The Morgan fingerprint density at radius 3 is 1.76 bits per heavy atom. The van der Waals surface area contributed by atoms with E-state index in [2.05, 4.69) is 0 Å². The molecule has 0 saturated heterocycles. The van der Waals surface area contributed by atoms with Gasteiger partial charge < -0.3 is 20.1 Å². The highest BCUT2D eigenvalue weighted by Crippen LogP contribution is 2.13. The minimum absolute atomic E-state index is 0.215. The third kappa shape index (κ3) is 5.63. The van der Waals surface area contributed by atoms with Gasteiger partial charge >= 0.3 is 5.97 Å². The fraction of sp³-hybridized carbons (Fsp3) is 0.583. The van der Waals surface area contributed by atoms with E-state index in [-0.39, 0.29) is 12.1 Å². The van der Waals surface area contributed by atoms with Crippen molar-refractivity contribution >= 4 is 5.97 Å². The van der Waals surface area contributed by atoms with Gasteiger partial charge in [-0.3, -0.25) is 4.79 Å². The molecule has 0 unspecified atom stereocenters. The van der Waals surface area contributed by atoms with Gasteiger partial charge in [-0.1, -0.05) is 18.2 Å². The van der Waals surface area contributed by atoms with Crippen molar-refractivity contribution in [2.24, 2.45) is 0 Å². The van der Waals surface area contributed by atoms with Crippen LogP contribution in [0.5, 0.6) is 0 Å². The Morgan fingerprint density at radius 2 is 1.47 bits per heavy atom.